The van der Waals surface area contributed by atoms with Crippen molar-refractivity contribution in [3.05, 3.63) is 27.7 Å². The van der Waals surface area contributed by atoms with Crippen LogP contribution in [-0.2, 0) is 6.18 Å². The van der Waals surface area contributed by atoms with E-state index in [1.807, 2.05) is 11.9 Å². The van der Waals surface area contributed by atoms with Gasteiger partial charge in [-0.3, -0.25) is 4.90 Å². The first kappa shape index (κ1) is 16.6. The molecule has 0 spiro atoms. The summed E-state index contributed by atoms with van der Waals surface area (Å²) < 4.78 is 44.8. The summed E-state index contributed by atoms with van der Waals surface area (Å²) in [6, 6.07) is 2.83. The number of likely N-dealkylation sites (tertiary alicyclic amines) is 1. The molecule has 0 radical (unpaired) electrons. The monoisotopic (exact) mass is 366 g/mol. The van der Waals surface area contributed by atoms with Crippen molar-refractivity contribution in [2.75, 3.05) is 27.2 Å². The number of nitrogens with two attached hydrogens (primary N) is 1. The van der Waals surface area contributed by atoms with Crippen molar-refractivity contribution in [3.63, 3.8) is 0 Å². The molecule has 2 atom stereocenters. The van der Waals surface area contributed by atoms with E-state index in [0.717, 1.165) is 13.0 Å². The first-order chi connectivity index (χ1) is 9.77. The fourth-order valence-corrected chi connectivity index (χ4v) is 3.53. The number of ether oxygens (including phenoxy) is 1. The third-order valence-corrected chi connectivity index (χ3v) is 4.52. The lowest BCUT2D eigenvalue weighted by Gasteiger charge is -2.22. The summed E-state index contributed by atoms with van der Waals surface area (Å²) in [5.74, 6) is 0.137. The lowest BCUT2D eigenvalue weighted by Crippen LogP contribution is -2.21. The molecule has 1 heterocycles. The number of halogens is 4. The van der Waals surface area contributed by atoms with Crippen LogP contribution in [0, 0.1) is 5.92 Å². The van der Waals surface area contributed by atoms with Gasteiger partial charge in [-0.25, -0.2) is 0 Å². The largest absolute Gasteiger partial charge is 0.495 e. The molecule has 0 bridgehead atoms. The summed E-state index contributed by atoms with van der Waals surface area (Å²) in [7, 11) is 3.15. The van der Waals surface area contributed by atoms with E-state index in [1.165, 1.54) is 13.2 Å². The summed E-state index contributed by atoms with van der Waals surface area (Å²) in [6.07, 6.45) is -3.68. The van der Waals surface area contributed by atoms with Crippen molar-refractivity contribution in [1.29, 1.82) is 0 Å². The van der Waals surface area contributed by atoms with E-state index in [4.69, 9.17) is 10.5 Å². The van der Waals surface area contributed by atoms with Gasteiger partial charge in [0.2, 0.25) is 0 Å². The Kier molecular flexibility index (Phi) is 4.85. The van der Waals surface area contributed by atoms with Crippen molar-refractivity contribution in [2.24, 2.45) is 11.7 Å². The van der Waals surface area contributed by atoms with Gasteiger partial charge in [0.05, 0.1) is 17.1 Å². The summed E-state index contributed by atoms with van der Waals surface area (Å²) in [4.78, 5) is 2.05. The molecule has 1 saturated heterocycles. The molecular formula is C14H18BrF3N2O. The van der Waals surface area contributed by atoms with Crippen LogP contribution in [0.25, 0.3) is 0 Å². The molecule has 7 heteroatoms. The zero-order chi connectivity index (χ0) is 15.8. The van der Waals surface area contributed by atoms with E-state index < -0.39 is 11.7 Å². The Balaban J connectivity index is 2.44. The van der Waals surface area contributed by atoms with Crippen molar-refractivity contribution >= 4 is 15.9 Å². The standard InChI is InChI=1S/C14H18BrF3N2O/c1-20-7-8(6-19)3-12(20)9-4-10(14(16,17)18)13(21-2)11(15)5-9/h4-5,8,12H,3,6-7,19H2,1-2H3. The van der Waals surface area contributed by atoms with Crippen molar-refractivity contribution < 1.29 is 17.9 Å². The number of methoxy groups -OCH3 is 1. The second-order valence-corrected chi connectivity index (χ2v) is 6.23. The zero-order valence-electron chi connectivity index (χ0n) is 11.9. The minimum Gasteiger partial charge on any atom is -0.495 e. The molecule has 1 aromatic carbocycles. The third kappa shape index (κ3) is 3.35. The highest BCUT2D eigenvalue weighted by Gasteiger charge is 2.38. The highest BCUT2D eigenvalue weighted by molar-refractivity contribution is 9.10. The van der Waals surface area contributed by atoms with E-state index >= 15 is 0 Å². The second-order valence-electron chi connectivity index (χ2n) is 5.37. The average Bonchev–Trinajstić information content (AvgIpc) is 2.78. The summed E-state index contributed by atoms with van der Waals surface area (Å²) in [5.41, 5.74) is 5.56. The van der Waals surface area contributed by atoms with E-state index in [9.17, 15) is 13.2 Å². The Morgan fingerprint density at radius 2 is 2.10 bits per heavy atom. The maximum atomic E-state index is 13.2. The number of alkyl halides is 3. The zero-order valence-corrected chi connectivity index (χ0v) is 13.5. The van der Waals surface area contributed by atoms with Gasteiger partial charge in [-0.05, 0) is 59.6 Å². The lowest BCUT2D eigenvalue weighted by molar-refractivity contribution is -0.138. The Labute approximate surface area is 130 Å². The molecule has 1 fully saturated rings. The number of nitrogens with zero attached hydrogens (tertiary/aromatic N) is 1. The van der Waals surface area contributed by atoms with Gasteiger partial charge in [0.25, 0.3) is 0 Å². The van der Waals surface area contributed by atoms with Gasteiger partial charge in [-0.15, -0.1) is 0 Å². The first-order valence-electron chi connectivity index (χ1n) is 6.62. The maximum Gasteiger partial charge on any atom is 0.420 e. The highest BCUT2D eigenvalue weighted by Crippen LogP contribution is 2.44. The van der Waals surface area contributed by atoms with Crippen molar-refractivity contribution in [3.8, 4) is 5.75 Å². The van der Waals surface area contributed by atoms with Crippen molar-refractivity contribution in [2.45, 2.75) is 18.6 Å². The molecule has 1 aliphatic rings. The van der Waals surface area contributed by atoms with Crippen LogP contribution in [0.1, 0.15) is 23.6 Å². The van der Waals surface area contributed by atoms with Crippen LogP contribution >= 0.6 is 15.9 Å². The van der Waals surface area contributed by atoms with Crippen LogP contribution in [0.3, 0.4) is 0 Å². The minimum absolute atomic E-state index is 0.0538. The summed E-state index contributed by atoms with van der Waals surface area (Å²) in [6.45, 7) is 1.34. The van der Waals surface area contributed by atoms with Crippen LogP contribution in [0.2, 0.25) is 0 Å². The van der Waals surface area contributed by atoms with Crippen LogP contribution in [0.4, 0.5) is 13.2 Å². The Bertz CT molecular complexity index is 522. The predicted octanol–water partition coefficient (Wildman–Crippen LogP) is 3.43. The summed E-state index contributed by atoms with van der Waals surface area (Å²) >= 11 is 3.18. The molecule has 2 rings (SSSR count). The molecular weight excluding hydrogens is 349 g/mol. The predicted molar refractivity (Wildman–Crippen MR) is 78.2 cm³/mol. The van der Waals surface area contributed by atoms with Gasteiger partial charge in [-0.2, -0.15) is 13.2 Å². The van der Waals surface area contributed by atoms with Gasteiger partial charge >= 0.3 is 6.18 Å². The second kappa shape index (κ2) is 6.14. The molecule has 1 aliphatic heterocycles. The van der Waals surface area contributed by atoms with Crippen LogP contribution in [0.5, 0.6) is 5.75 Å². The molecule has 3 nitrogen and oxygen atoms in total. The normalized spacial score (nSPS) is 23.6. The quantitative estimate of drug-likeness (QED) is 0.890. The van der Waals surface area contributed by atoms with Gasteiger partial charge in [0, 0.05) is 12.6 Å². The molecule has 2 unspecified atom stereocenters. The highest BCUT2D eigenvalue weighted by atomic mass is 79.9. The molecule has 0 aliphatic carbocycles. The number of hydrogen-bond donors (Lipinski definition) is 1. The first-order valence-corrected chi connectivity index (χ1v) is 7.42. The fourth-order valence-electron chi connectivity index (χ4n) is 2.89. The Morgan fingerprint density at radius 1 is 1.43 bits per heavy atom. The maximum absolute atomic E-state index is 13.2. The van der Waals surface area contributed by atoms with Gasteiger partial charge in [0.1, 0.15) is 5.75 Å². The van der Waals surface area contributed by atoms with E-state index in [2.05, 4.69) is 15.9 Å². The Hall–Kier alpha value is -0.790. The van der Waals surface area contributed by atoms with Crippen molar-refractivity contribution in [1.82, 2.24) is 4.90 Å². The Morgan fingerprint density at radius 3 is 2.57 bits per heavy atom. The van der Waals surface area contributed by atoms with E-state index in [1.54, 1.807) is 6.07 Å². The number of rotatable bonds is 3. The topological polar surface area (TPSA) is 38.5 Å². The molecule has 0 saturated carbocycles. The minimum atomic E-state index is -4.45. The van der Waals surface area contributed by atoms with Crippen LogP contribution in [0.15, 0.2) is 16.6 Å². The van der Waals surface area contributed by atoms with E-state index in [-0.39, 0.29) is 11.8 Å². The molecule has 21 heavy (non-hydrogen) atoms. The fraction of sp³-hybridized carbons (Fsp3) is 0.571. The average molecular weight is 367 g/mol. The SMILES string of the molecule is COc1c(Br)cc(C2CC(CN)CN2C)cc1C(F)(F)F. The molecule has 2 N–H and O–H groups in total. The molecule has 118 valence electrons. The molecule has 0 aromatic heterocycles. The van der Waals surface area contributed by atoms with E-state index in [0.29, 0.717) is 22.5 Å². The number of benzene rings is 1. The van der Waals surface area contributed by atoms with Crippen LogP contribution in [-0.4, -0.2) is 32.1 Å². The van der Waals surface area contributed by atoms with Gasteiger partial charge in [0.15, 0.2) is 0 Å². The summed E-state index contributed by atoms with van der Waals surface area (Å²) in [5, 5.41) is 0. The number of hydrogen-bond acceptors (Lipinski definition) is 3. The van der Waals surface area contributed by atoms with Gasteiger partial charge < -0.3 is 10.5 Å². The van der Waals surface area contributed by atoms with Gasteiger partial charge in [-0.1, -0.05) is 0 Å². The molecule has 0 amide bonds. The van der Waals surface area contributed by atoms with Crippen LogP contribution < -0.4 is 10.5 Å². The smallest absolute Gasteiger partial charge is 0.420 e. The third-order valence-electron chi connectivity index (χ3n) is 3.93. The lowest BCUT2D eigenvalue weighted by atomic mass is 9.98. The molecule has 1 aromatic rings.